The van der Waals surface area contributed by atoms with Crippen molar-refractivity contribution in [3.05, 3.63) is 33.9 Å². The molecule has 1 aromatic rings. The van der Waals surface area contributed by atoms with Crippen LogP contribution < -0.4 is 10.0 Å². The average molecular weight is 343 g/mol. The number of hydrogen-bond acceptors (Lipinski definition) is 6. The Morgan fingerprint density at radius 1 is 1.43 bits per heavy atom. The van der Waals surface area contributed by atoms with Crippen LogP contribution in [0.2, 0.25) is 0 Å². The van der Waals surface area contributed by atoms with E-state index >= 15 is 0 Å². The molecule has 1 atom stereocenters. The van der Waals surface area contributed by atoms with Gasteiger partial charge in [-0.25, -0.2) is 18.4 Å². The Labute approximate surface area is 130 Å². The lowest BCUT2D eigenvalue weighted by molar-refractivity contribution is -0.384. The van der Waals surface area contributed by atoms with E-state index in [-0.39, 0.29) is 24.2 Å². The number of nitrogens with two attached hydrogens (primary N) is 1. The number of amides is 1. The third kappa shape index (κ3) is 4.02. The Balaban J connectivity index is 2.36. The van der Waals surface area contributed by atoms with Crippen LogP contribution in [0, 0.1) is 16.0 Å². The van der Waals surface area contributed by atoms with Gasteiger partial charge in [0, 0.05) is 31.0 Å². The Morgan fingerprint density at radius 2 is 2.09 bits per heavy atom. The summed E-state index contributed by atoms with van der Waals surface area (Å²) in [6.45, 7) is -0.00447. The van der Waals surface area contributed by atoms with Gasteiger partial charge < -0.3 is 10.0 Å². The van der Waals surface area contributed by atoms with Gasteiger partial charge in [0.1, 0.15) is 0 Å². The lowest BCUT2D eigenvalue weighted by Gasteiger charge is -2.17. The summed E-state index contributed by atoms with van der Waals surface area (Å²) >= 11 is 0. The van der Waals surface area contributed by atoms with Gasteiger partial charge in [-0.2, -0.15) is 0 Å². The quantitative estimate of drug-likeness (QED) is 0.558. The predicted molar refractivity (Wildman–Crippen MR) is 78.5 cm³/mol. The van der Waals surface area contributed by atoms with Crippen molar-refractivity contribution in [3.8, 4) is 0 Å². The summed E-state index contributed by atoms with van der Waals surface area (Å²) in [6.07, 6.45) is -0.0818. The fraction of sp³-hybridized carbons (Fsp3) is 0.333. The summed E-state index contributed by atoms with van der Waals surface area (Å²) in [5, 5.41) is 24.8. The van der Waals surface area contributed by atoms with Gasteiger partial charge in [0.2, 0.25) is 15.9 Å². The highest BCUT2D eigenvalue weighted by Crippen LogP contribution is 2.30. The number of nitro groups is 1. The van der Waals surface area contributed by atoms with E-state index in [1.54, 1.807) is 0 Å². The maximum atomic E-state index is 12.0. The van der Waals surface area contributed by atoms with Crippen molar-refractivity contribution in [3.63, 3.8) is 0 Å². The average Bonchev–Trinajstić information content (AvgIpc) is 2.76. The summed E-state index contributed by atoms with van der Waals surface area (Å²) in [7, 11) is -3.76. The molecule has 0 aliphatic carbocycles. The van der Waals surface area contributed by atoms with Crippen LogP contribution in [0.1, 0.15) is 16.8 Å². The molecular weight excluding hydrogens is 330 g/mol. The Morgan fingerprint density at radius 3 is 2.61 bits per heavy atom. The van der Waals surface area contributed by atoms with E-state index in [0.717, 1.165) is 23.1 Å². The SMILES string of the molecule is NS(=O)(=O)CC1CC(=O)N(c2cc(C(=O)O)cc([N+](=O)[O-])c2)C1. The number of carbonyl (C=O) groups excluding carboxylic acids is 1. The largest absolute Gasteiger partial charge is 0.478 e. The number of benzene rings is 1. The van der Waals surface area contributed by atoms with Crippen molar-refractivity contribution in [1.29, 1.82) is 0 Å². The second-order valence-electron chi connectivity index (χ2n) is 5.20. The number of anilines is 1. The molecule has 1 saturated heterocycles. The van der Waals surface area contributed by atoms with Crippen LogP contribution in [0.15, 0.2) is 18.2 Å². The van der Waals surface area contributed by atoms with Crippen LogP contribution in [-0.4, -0.2) is 42.6 Å². The van der Waals surface area contributed by atoms with Crippen molar-refractivity contribution in [1.82, 2.24) is 0 Å². The minimum absolute atomic E-state index is 0.00447. The van der Waals surface area contributed by atoms with E-state index in [2.05, 4.69) is 0 Å². The molecule has 1 unspecified atom stereocenters. The van der Waals surface area contributed by atoms with Crippen LogP contribution >= 0.6 is 0 Å². The van der Waals surface area contributed by atoms with Gasteiger partial charge in [-0.15, -0.1) is 0 Å². The Bertz CT molecular complexity index is 758. The van der Waals surface area contributed by atoms with E-state index in [0.29, 0.717) is 0 Å². The Hall–Kier alpha value is -2.53. The number of carbonyl (C=O) groups is 2. The number of nitrogens with zero attached hydrogens (tertiary/aromatic N) is 2. The number of sulfonamides is 1. The summed E-state index contributed by atoms with van der Waals surface area (Å²) in [5.74, 6) is -2.76. The summed E-state index contributed by atoms with van der Waals surface area (Å²) in [4.78, 5) is 34.3. The molecule has 1 fully saturated rings. The lowest BCUT2D eigenvalue weighted by atomic mass is 10.1. The maximum Gasteiger partial charge on any atom is 0.336 e. The van der Waals surface area contributed by atoms with Gasteiger partial charge in [0.05, 0.1) is 21.9 Å². The molecule has 1 aliphatic heterocycles. The van der Waals surface area contributed by atoms with Crippen LogP contribution in [0.4, 0.5) is 11.4 Å². The normalized spacial score (nSPS) is 18.2. The van der Waals surface area contributed by atoms with Gasteiger partial charge in [0.25, 0.3) is 5.69 Å². The first-order valence-electron chi connectivity index (χ1n) is 6.40. The van der Waals surface area contributed by atoms with Gasteiger partial charge in [-0.3, -0.25) is 14.9 Å². The van der Waals surface area contributed by atoms with Crippen LogP contribution in [0.3, 0.4) is 0 Å². The number of carboxylic acids is 1. The molecule has 0 bridgehead atoms. The topological polar surface area (TPSA) is 161 Å². The zero-order chi connectivity index (χ0) is 17.4. The number of nitro benzene ring substituents is 1. The lowest BCUT2D eigenvalue weighted by Crippen LogP contribution is -2.27. The van der Waals surface area contributed by atoms with Gasteiger partial charge >= 0.3 is 5.97 Å². The monoisotopic (exact) mass is 343 g/mol. The first-order chi connectivity index (χ1) is 10.6. The smallest absolute Gasteiger partial charge is 0.336 e. The van der Waals surface area contributed by atoms with E-state index in [1.807, 2.05) is 0 Å². The van der Waals surface area contributed by atoms with Crippen molar-refractivity contribution < 1.29 is 28.0 Å². The number of aromatic carboxylic acids is 1. The molecule has 3 N–H and O–H groups in total. The molecule has 0 aromatic heterocycles. The third-order valence-electron chi connectivity index (χ3n) is 3.35. The molecule has 2 rings (SSSR count). The fourth-order valence-electron chi connectivity index (χ4n) is 2.45. The number of primary sulfonamides is 1. The summed E-state index contributed by atoms with van der Waals surface area (Å²) in [6, 6.07) is 3.09. The first kappa shape index (κ1) is 16.8. The number of rotatable bonds is 5. The molecule has 1 aromatic carbocycles. The highest BCUT2D eigenvalue weighted by Gasteiger charge is 2.33. The second kappa shape index (κ2) is 5.93. The molecule has 11 heteroatoms. The molecule has 124 valence electrons. The van der Waals surface area contributed by atoms with E-state index in [4.69, 9.17) is 10.2 Å². The maximum absolute atomic E-state index is 12.0. The molecule has 1 aliphatic rings. The molecule has 23 heavy (non-hydrogen) atoms. The molecule has 1 amide bonds. The second-order valence-corrected chi connectivity index (χ2v) is 6.86. The first-order valence-corrected chi connectivity index (χ1v) is 8.12. The van der Waals surface area contributed by atoms with E-state index in [9.17, 15) is 28.1 Å². The van der Waals surface area contributed by atoms with Crippen LogP contribution in [0.5, 0.6) is 0 Å². The predicted octanol–water partition coefficient (Wildman–Crippen LogP) is -0.0656. The highest BCUT2D eigenvalue weighted by molar-refractivity contribution is 7.89. The van der Waals surface area contributed by atoms with Crippen LogP contribution in [-0.2, 0) is 14.8 Å². The van der Waals surface area contributed by atoms with Crippen molar-refractivity contribution >= 4 is 33.3 Å². The third-order valence-corrected chi connectivity index (χ3v) is 4.28. The Kier molecular flexibility index (Phi) is 4.34. The molecule has 0 radical (unpaired) electrons. The minimum atomic E-state index is -3.76. The number of non-ortho nitro benzene ring substituents is 1. The van der Waals surface area contributed by atoms with Gasteiger partial charge in [-0.05, 0) is 6.07 Å². The van der Waals surface area contributed by atoms with E-state index in [1.165, 1.54) is 0 Å². The van der Waals surface area contributed by atoms with E-state index < -0.39 is 44.2 Å². The molecule has 0 saturated carbocycles. The van der Waals surface area contributed by atoms with Gasteiger partial charge in [-0.1, -0.05) is 0 Å². The number of carboxylic acid groups (broad SMARTS) is 1. The zero-order valence-corrected chi connectivity index (χ0v) is 12.5. The molecule has 0 spiro atoms. The summed E-state index contributed by atoms with van der Waals surface area (Å²) < 4.78 is 22.2. The molecular formula is C12H13N3O7S. The van der Waals surface area contributed by atoms with Gasteiger partial charge in [0.15, 0.2) is 0 Å². The summed E-state index contributed by atoms with van der Waals surface area (Å²) in [5.41, 5.74) is -0.766. The molecule has 10 nitrogen and oxygen atoms in total. The van der Waals surface area contributed by atoms with Crippen molar-refractivity contribution in [2.24, 2.45) is 11.1 Å². The number of hydrogen-bond donors (Lipinski definition) is 2. The standard InChI is InChI=1S/C12H13N3O7S/c13-23(21,22)6-7-1-11(16)14(5-7)9-2-8(12(17)18)3-10(4-9)15(19)20/h2-4,7H,1,5-6H2,(H,17,18)(H2,13,21,22). The zero-order valence-electron chi connectivity index (χ0n) is 11.7. The van der Waals surface area contributed by atoms with Crippen molar-refractivity contribution in [2.45, 2.75) is 6.42 Å². The highest BCUT2D eigenvalue weighted by atomic mass is 32.2. The fourth-order valence-corrected chi connectivity index (χ4v) is 3.33. The minimum Gasteiger partial charge on any atom is -0.478 e. The molecule has 1 heterocycles. The van der Waals surface area contributed by atoms with Crippen molar-refractivity contribution in [2.75, 3.05) is 17.2 Å². The van der Waals surface area contributed by atoms with Crippen LogP contribution in [0.25, 0.3) is 0 Å².